The van der Waals surface area contributed by atoms with E-state index in [4.69, 9.17) is 9.47 Å². The number of nitrogens with one attached hydrogen (secondary N) is 2. The van der Waals surface area contributed by atoms with Crippen molar-refractivity contribution in [3.8, 4) is 17.1 Å². The second kappa shape index (κ2) is 8.66. The number of hydrogen-bond donors (Lipinski definition) is 2. The van der Waals surface area contributed by atoms with E-state index < -0.39 is 23.4 Å². The molecule has 31 heavy (non-hydrogen) atoms. The molecule has 3 rings (SSSR count). The molecule has 0 bridgehead atoms. The quantitative estimate of drug-likeness (QED) is 0.560. The lowest BCUT2D eigenvalue weighted by molar-refractivity contribution is -0.137. The maximum Gasteiger partial charge on any atom is 0.416 e. The molecular weight excluding hydrogens is 413 g/mol. The third-order valence-corrected chi connectivity index (χ3v) is 3.87. The Hall–Kier alpha value is -3.56. The number of H-pyrrole nitrogens is 1. The summed E-state index contributed by atoms with van der Waals surface area (Å²) in [7, 11) is 0. The Morgan fingerprint density at radius 1 is 1.06 bits per heavy atom. The van der Waals surface area contributed by atoms with Crippen LogP contribution in [0, 0.1) is 0 Å². The lowest BCUT2D eigenvalue weighted by Gasteiger charge is -2.19. The Morgan fingerprint density at radius 2 is 1.77 bits per heavy atom. The van der Waals surface area contributed by atoms with E-state index in [0.717, 1.165) is 12.1 Å². The van der Waals surface area contributed by atoms with Crippen molar-refractivity contribution in [2.75, 3.05) is 5.32 Å². The second-order valence-corrected chi connectivity index (χ2v) is 7.64. The molecule has 0 unspecified atom stereocenters. The molecular formula is C21H21F3N4O3. The number of aromatic nitrogens is 3. The standard InChI is InChI=1S/C21H21F3N4O3/c1-20(2,3)31-19(29)25-15-9-7-13(8-10-15)18-26-17(27-28-18)12-30-16-6-4-5-14(11-16)21(22,23)24/h4-11H,12H2,1-3H3,(H,25,29)(H,26,27,28). The Balaban J connectivity index is 1.60. The van der Waals surface area contributed by atoms with Crippen LogP contribution in [0.15, 0.2) is 48.5 Å². The Bertz CT molecular complexity index is 1040. The number of alkyl halides is 3. The van der Waals surface area contributed by atoms with E-state index in [2.05, 4.69) is 20.5 Å². The summed E-state index contributed by atoms with van der Waals surface area (Å²) >= 11 is 0. The molecule has 1 amide bonds. The van der Waals surface area contributed by atoms with Crippen LogP contribution in [0.2, 0.25) is 0 Å². The van der Waals surface area contributed by atoms with Crippen LogP contribution < -0.4 is 10.1 Å². The smallest absolute Gasteiger partial charge is 0.416 e. The highest BCUT2D eigenvalue weighted by atomic mass is 19.4. The lowest BCUT2D eigenvalue weighted by Crippen LogP contribution is -2.27. The number of carbonyl (C=O) groups excluding carboxylic acids is 1. The summed E-state index contributed by atoms with van der Waals surface area (Å²) in [5.41, 5.74) is -0.141. The maximum absolute atomic E-state index is 12.8. The van der Waals surface area contributed by atoms with E-state index >= 15 is 0 Å². The van der Waals surface area contributed by atoms with Gasteiger partial charge in [-0.25, -0.2) is 4.79 Å². The van der Waals surface area contributed by atoms with Crippen LogP contribution >= 0.6 is 0 Å². The summed E-state index contributed by atoms with van der Waals surface area (Å²) < 4.78 is 48.9. The molecule has 0 aliphatic rings. The van der Waals surface area contributed by atoms with Gasteiger partial charge in [0.2, 0.25) is 0 Å². The zero-order valence-corrected chi connectivity index (χ0v) is 17.1. The highest BCUT2D eigenvalue weighted by Crippen LogP contribution is 2.31. The van der Waals surface area contributed by atoms with Crippen LogP contribution in [0.5, 0.6) is 5.75 Å². The monoisotopic (exact) mass is 434 g/mol. The highest BCUT2D eigenvalue weighted by molar-refractivity contribution is 5.85. The summed E-state index contributed by atoms with van der Waals surface area (Å²) in [5, 5.41) is 10.6. The average molecular weight is 434 g/mol. The van der Waals surface area contributed by atoms with Crippen molar-refractivity contribution in [1.29, 1.82) is 0 Å². The average Bonchev–Trinajstić information content (AvgIpc) is 3.14. The fourth-order valence-electron chi connectivity index (χ4n) is 2.54. The van der Waals surface area contributed by atoms with Gasteiger partial charge in [-0.15, -0.1) is 10.2 Å². The van der Waals surface area contributed by atoms with Crippen LogP contribution in [-0.2, 0) is 17.5 Å². The maximum atomic E-state index is 12.8. The lowest BCUT2D eigenvalue weighted by atomic mass is 10.2. The van der Waals surface area contributed by atoms with Gasteiger partial charge in [-0.3, -0.25) is 5.32 Å². The minimum atomic E-state index is -4.44. The topological polar surface area (TPSA) is 89.1 Å². The zero-order chi connectivity index (χ0) is 22.6. The predicted octanol–water partition coefficient (Wildman–Crippen LogP) is 5.42. The number of carbonyl (C=O) groups is 1. The number of amides is 1. The van der Waals surface area contributed by atoms with Crippen LogP contribution in [-0.4, -0.2) is 26.9 Å². The van der Waals surface area contributed by atoms with Crippen molar-refractivity contribution in [1.82, 2.24) is 15.2 Å². The molecule has 2 N–H and O–H groups in total. The van der Waals surface area contributed by atoms with Crippen LogP contribution in [0.4, 0.5) is 23.7 Å². The van der Waals surface area contributed by atoms with Crippen molar-refractivity contribution in [2.24, 2.45) is 0 Å². The molecule has 0 aliphatic heterocycles. The van der Waals surface area contributed by atoms with Crippen molar-refractivity contribution in [3.05, 3.63) is 59.9 Å². The van der Waals surface area contributed by atoms with Gasteiger partial charge in [-0.05, 0) is 63.2 Å². The van der Waals surface area contributed by atoms with Gasteiger partial charge in [-0.1, -0.05) is 6.07 Å². The number of rotatable bonds is 5. The van der Waals surface area contributed by atoms with E-state index in [1.54, 1.807) is 45.0 Å². The fraction of sp³-hybridized carbons (Fsp3) is 0.286. The minimum Gasteiger partial charge on any atom is -0.486 e. The molecule has 1 heterocycles. The number of ether oxygens (including phenoxy) is 2. The molecule has 1 aromatic heterocycles. The Labute approximate surface area is 176 Å². The summed E-state index contributed by atoms with van der Waals surface area (Å²) in [4.78, 5) is 14.8. The molecule has 0 spiro atoms. The number of hydrogen-bond acceptors (Lipinski definition) is 5. The van der Waals surface area contributed by atoms with Crippen molar-refractivity contribution in [2.45, 2.75) is 39.2 Å². The molecule has 0 aliphatic carbocycles. The summed E-state index contributed by atoms with van der Waals surface area (Å²) in [6, 6.07) is 11.4. The molecule has 7 nitrogen and oxygen atoms in total. The number of halogens is 3. The molecule has 0 atom stereocenters. The molecule has 0 fully saturated rings. The normalized spacial score (nSPS) is 11.8. The molecule has 3 aromatic rings. The molecule has 0 saturated carbocycles. The number of anilines is 1. The van der Waals surface area contributed by atoms with Gasteiger partial charge >= 0.3 is 12.3 Å². The van der Waals surface area contributed by atoms with Crippen molar-refractivity contribution in [3.63, 3.8) is 0 Å². The van der Waals surface area contributed by atoms with Crippen molar-refractivity contribution >= 4 is 11.8 Å². The number of aromatic amines is 1. The second-order valence-electron chi connectivity index (χ2n) is 7.64. The third kappa shape index (κ3) is 6.46. The molecule has 10 heteroatoms. The summed E-state index contributed by atoms with van der Waals surface area (Å²) in [6.07, 6.45) is -5.00. The van der Waals surface area contributed by atoms with E-state index in [1.165, 1.54) is 12.1 Å². The first-order chi connectivity index (χ1) is 14.5. The van der Waals surface area contributed by atoms with Crippen LogP contribution in [0.25, 0.3) is 11.4 Å². The van der Waals surface area contributed by atoms with Gasteiger partial charge in [0, 0.05) is 11.3 Å². The molecule has 0 radical (unpaired) electrons. The van der Waals surface area contributed by atoms with Gasteiger partial charge < -0.3 is 14.5 Å². The van der Waals surface area contributed by atoms with E-state index in [9.17, 15) is 18.0 Å². The van der Waals surface area contributed by atoms with E-state index in [1.807, 2.05) is 0 Å². The summed E-state index contributed by atoms with van der Waals surface area (Å²) in [5.74, 6) is 0.875. The Morgan fingerprint density at radius 3 is 2.42 bits per heavy atom. The number of benzene rings is 2. The van der Waals surface area contributed by atoms with Gasteiger partial charge in [0.1, 0.15) is 18.0 Å². The van der Waals surface area contributed by atoms with E-state index in [0.29, 0.717) is 22.9 Å². The van der Waals surface area contributed by atoms with Crippen LogP contribution in [0.1, 0.15) is 32.2 Å². The summed E-state index contributed by atoms with van der Waals surface area (Å²) in [6.45, 7) is 5.24. The minimum absolute atomic E-state index is 0.0744. The number of nitrogens with zero attached hydrogens (tertiary/aromatic N) is 2. The van der Waals surface area contributed by atoms with Gasteiger partial charge in [-0.2, -0.15) is 13.2 Å². The largest absolute Gasteiger partial charge is 0.486 e. The van der Waals surface area contributed by atoms with Gasteiger partial charge in [0.15, 0.2) is 11.6 Å². The first kappa shape index (κ1) is 22.1. The molecule has 2 aromatic carbocycles. The fourth-order valence-corrected chi connectivity index (χ4v) is 2.54. The van der Waals surface area contributed by atoms with Gasteiger partial charge in [0.05, 0.1) is 5.56 Å². The molecule has 0 saturated heterocycles. The predicted molar refractivity (Wildman–Crippen MR) is 107 cm³/mol. The first-order valence-corrected chi connectivity index (χ1v) is 9.32. The molecule has 164 valence electrons. The zero-order valence-electron chi connectivity index (χ0n) is 17.1. The highest BCUT2D eigenvalue weighted by Gasteiger charge is 2.30. The van der Waals surface area contributed by atoms with E-state index in [-0.39, 0.29) is 12.4 Å². The SMILES string of the molecule is CC(C)(C)OC(=O)Nc1ccc(-c2nnc(COc3cccc(C(F)(F)F)c3)[nH]2)cc1. The van der Waals surface area contributed by atoms with Gasteiger partial charge in [0.25, 0.3) is 0 Å². The third-order valence-electron chi connectivity index (χ3n) is 3.87. The first-order valence-electron chi connectivity index (χ1n) is 9.32. The van der Waals surface area contributed by atoms with Crippen molar-refractivity contribution < 1.29 is 27.4 Å². The van der Waals surface area contributed by atoms with Crippen LogP contribution in [0.3, 0.4) is 0 Å². The Kier molecular flexibility index (Phi) is 6.19.